The number of rotatable bonds is 2. The van der Waals surface area contributed by atoms with Gasteiger partial charge in [-0.15, -0.1) is 11.8 Å². The lowest BCUT2D eigenvalue weighted by Gasteiger charge is -2.16. The molecule has 0 saturated carbocycles. The molecule has 1 heterocycles. The second-order valence-electron chi connectivity index (χ2n) is 3.25. The Morgan fingerprint density at radius 3 is 2.88 bits per heavy atom. The van der Waals surface area contributed by atoms with Crippen LogP contribution in [0.4, 0.5) is 5.69 Å². The minimum atomic E-state index is -0.549. The Morgan fingerprint density at radius 1 is 1.56 bits per heavy atom. The van der Waals surface area contributed by atoms with Crippen LogP contribution in [0.5, 0.6) is 0 Å². The summed E-state index contributed by atoms with van der Waals surface area (Å²) >= 11 is 1.24. The maximum absolute atomic E-state index is 11.1. The van der Waals surface area contributed by atoms with Crippen LogP contribution in [0.3, 0.4) is 0 Å². The lowest BCUT2D eigenvalue weighted by atomic mass is 10.2. The average molecular weight is 240 g/mol. The molecular weight excluding hydrogens is 232 g/mol. The van der Waals surface area contributed by atoms with Gasteiger partial charge in [-0.2, -0.15) is 0 Å². The van der Waals surface area contributed by atoms with Crippen molar-refractivity contribution in [1.29, 1.82) is 0 Å². The van der Waals surface area contributed by atoms with E-state index in [9.17, 15) is 20.1 Å². The topological polar surface area (TPSA) is 83.7 Å². The first-order valence-corrected chi connectivity index (χ1v) is 5.51. The number of non-ortho nitro benzene ring substituents is 1. The number of nitro benzene ring substituents is 1. The molecule has 6 nitrogen and oxygen atoms in total. The zero-order valence-corrected chi connectivity index (χ0v) is 8.88. The third-order valence-electron chi connectivity index (χ3n) is 2.21. The molecule has 1 N–H and O–H groups in total. The van der Waals surface area contributed by atoms with Gasteiger partial charge in [-0.3, -0.25) is 20.1 Å². The van der Waals surface area contributed by atoms with E-state index in [4.69, 9.17) is 0 Å². The highest BCUT2D eigenvalue weighted by molar-refractivity contribution is 8.00. The van der Waals surface area contributed by atoms with Gasteiger partial charge in [-0.05, 0) is 5.56 Å². The van der Waals surface area contributed by atoms with Crippen molar-refractivity contribution in [3.8, 4) is 0 Å². The van der Waals surface area contributed by atoms with E-state index in [-0.39, 0.29) is 17.3 Å². The number of hydrogen-bond acceptors (Lipinski definition) is 5. The normalized spacial score (nSPS) is 20.2. The molecule has 2 rings (SSSR count). The van der Waals surface area contributed by atoms with Crippen LogP contribution in [0, 0.1) is 10.1 Å². The first-order chi connectivity index (χ1) is 7.59. The molecule has 1 amide bonds. The summed E-state index contributed by atoms with van der Waals surface area (Å²) in [7, 11) is 0. The van der Waals surface area contributed by atoms with Crippen molar-refractivity contribution in [3.05, 3.63) is 39.9 Å². The second kappa shape index (κ2) is 4.11. The molecule has 1 atom stereocenters. The Kier molecular flexibility index (Phi) is 2.80. The zero-order chi connectivity index (χ0) is 11.7. The highest BCUT2D eigenvalue weighted by Crippen LogP contribution is 2.37. The molecule has 16 heavy (non-hydrogen) atoms. The number of carbonyl (C=O) groups excluding carboxylic acids is 1. The van der Waals surface area contributed by atoms with Crippen LogP contribution >= 0.6 is 11.8 Å². The van der Waals surface area contributed by atoms with Crippen molar-refractivity contribution < 1.29 is 14.9 Å². The Morgan fingerprint density at radius 2 is 2.31 bits per heavy atom. The van der Waals surface area contributed by atoms with Gasteiger partial charge >= 0.3 is 0 Å². The maximum Gasteiger partial charge on any atom is 0.269 e. The summed E-state index contributed by atoms with van der Waals surface area (Å²) in [6.45, 7) is 0. The fraction of sp³-hybridized carbons (Fsp3) is 0.222. The van der Waals surface area contributed by atoms with Crippen molar-refractivity contribution >= 4 is 23.4 Å². The monoisotopic (exact) mass is 240 g/mol. The molecule has 0 radical (unpaired) electrons. The minimum absolute atomic E-state index is 0.0501. The molecule has 1 aliphatic rings. The molecule has 1 fully saturated rings. The molecule has 1 aliphatic heterocycles. The highest BCUT2D eigenvalue weighted by Gasteiger charge is 2.32. The van der Waals surface area contributed by atoms with Crippen LogP contribution in [0.15, 0.2) is 24.3 Å². The Labute approximate surface area is 95.0 Å². The quantitative estimate of drug-likeness (QED) is 0.481. The van der Waals surface area contributed by atoms with Crippen molar-refractivity contribution in [1.82, 2.24) is 5.06 Å². The van der Waals surface area contributed by atoms with Gasteiger partial charge < -0.3 is 0 Å². The predicted molar refractivity (Wildman–Crippen MR) is 56.9 cm³/mol. The summed E-state index contributed by atoms with van der Waals surface area (Å²) in [4.78, 5) is 21.2. The fourth-order valence-corrected chi connectivity index (χ4v) is 2.48. The smallest absolute Gasteiger partial charge is 0.269 e. The molecular formula is C9H8N2O4S. The van der Waals surface area contributed by atoms with E-state index in [1.807, 2.05) is 0 Å². The van der Waals surface area contributed by atoms with Gasteiger partial charge in [0.05, 0.1) is 10.7 Å². The van der Waals surface area contributed by atoms with Crippen LogP contribution in [-0.4, -0.2) is 26.9 Å². The first-order valence-electron chi connectivity index (χ1n) is 4.46. The van der Waals surface area contributed by atoms with E-state index in [0.717, 1.165) is 0 Å². The number of benzene rings is 1. The molecule has 7 heteroatoms. The summed E-state index contributed by atoms with van der Waals surface area (Å²) in [5, 5.41) is 20.1. The molecule has 0 spiro atoms. The third kappa shape index (κ3) is 1.86. The number of thioether (sulfide) groups is 1. The SMILES string of the molecule is O=C1CSC(c2cccc([N+](=O)[O-])c2)N1O. The Bertz CT molecular complexity index is 451. The number of nitro groups is 1. The standard InChI is InChI=1S/C9H8N2O4S/c12-8-5-16-9(10(8)13)6-2-1-3-7(4-6)11(14)15/h1-4,9,13H,5H2. The van der Waals surface area contributed by atoms with Gasteiger partial charge in [0.1, 0.15) is 5.37 Å². The third-order valence-corrected chi connectivity index (χ3v) is 3.41. The lowest BCUT2D eigenvalue weighted by Crippen LogP contribution is -2.23. The Balaban J connectivity index is 2.31. The molecule has 1 aromatic carbocycles. The fourth-order valence-electron chi connectivity index (χ4n) is 1.45. The van der Waals surface area contributed by atoms with Gasteiger partial charge in [0.25, 0.3) is 11.6 Å². The zero-order valence-electron chi connectivity index (χ0n) is 8.07. The van der Waals surface area contributed by atoms with Crippen molar-refractivity contribution in [2.24, 2.45) is 0 Å². The largest absolute Gasteiger partial charge is 0.284 e. The van der Waals surface area contributed by atoms with Crippen LogP contribution in [0.2, 0.25) is 0 Å². The number of amides is 1. The van der Waals surface area contributed by atoms with Gasteiger partial charge in [0, 0.05) is 12.1 Å². The summed E-state index contributed by atoms with van der Waals surface area (Å²) in [6, 6.07) is 5.91. The van der Waals surface area contributed by atoms with Crippen molar-refractivity contribution in [2.75, 3.05) is 5.75 Å². The molecule has 0 aliphatic carbocycles. The van der Waals surface area contributed by atoms with Crippen molar-refractivity contribution in [2.45, 2.75) is 5.37 Å². The summed E-state index contributed by atoms with van der Waals surface area (Å²) < 4.78 is 0. The highest BCUT2D eigenvalue weighted by atomic mass is 32.2. The first kappa shape index (κ1) is 10.9. The lowest BCUT2D eigenvalue weighted by molar-refractivity contribution is -0.384. The number of hydroxylamine groups is 2. The number of nitrogens with zero attached hydrogens (tertiary/aromatic N) is 2. The van der Waals surface area contributed by atoms with E-state index in [1.165, 1.54) is 30.0 Å². The van der Waals surface area contributed by atoms with Crippen LogP contribution in [-0.2, 0) is 4.79 Å². The Hall–Kier alpha value is -1.60. The summed E-state index contributed by atoms with van der Waals surface area (Å²) in [5.74, 6) is -0.203. The molecule has 0 aromatic heterocycles. The predicted octanol–water partition coefficient (Wildman–Crippen LogP) is 1.56. The summed E-state index contributed by atoms with van der Waals surface area (Å²) in [5.41, 5.74) is 0.499. The molecule has 84 valence electrons. The average Bonchev–Trinajstić information content (AvgIpc) is 2.60. The van der Waals surface area contributed by atoms with Crippen LogP contribution in [0.25, 0.3) is 0 Å². The number of hydrogen-bond donors (Lipinski definition) is 1. The van der Waals surface area contributed by atoms with E-state index in [0.29, 0.717) is 10.6 Å². The summed E-state index contributed by atoms with van der Waals surface area (Å²) in [6.07, 6.45) is 0. The van der Waals surface area contributed by atoms with Crippen LogP contribution in [0.1, 0.15) is 10.9 Å². The number of carbonyl (C=O) groups is 1. The molecule has 1 unspecified atom stereocenters. The van der Waals surface area contributed by atoms with Gasteiger partial charge in [-0.25, -0.2) is 5.06 Å². The van der Waals surface area contributed by atoms with Gasteiger partial charge in [0.15, 0.2) is 0 Å². The minimum Gasteiger partial charge on any atom is -0.284 e. The maximum atomic E-state index is 11.1. The molecule has 1 aromatic rings. The van der Waals surface area contributed by atoms with E-state index >= 15 is 0 Å². The van der Waals surface area contributed by atoms with Crippen LogP contribution < -0.4 is 0 Å². The molecule has 1 saturated heterocycles. The van der Waals surface area contributed by atoms with E-state index in [1.54, 1.807) is 6.07 Å². The van der Waals surface area contributed by atoms with Gasteiger partial charge in [-0.1, -0.05) is 12.1 Å². The van der Waals surface area contributed by atoms with Gasteiger partial charge in [0.2, 0.25) is 0 Å². The molecule has 0 bridgehead atoms. The van der Waals surface area contributed by atoms with Crippen molar-refractivity contribution in [3.63, 3.8) is 0 Å². The second-order valence-corrected chi connectivity index (χ2v) is 4.32. The van der Waals surface area contributed by atoms with E-state index < -0.39 is 10.3 Å². The van der Waals surface area contributed by atoms with E-state index in [2.05, 4.69) is 0 Å².